The average Bonchev–Trinajstić information content (AvgIpc) is 2.59. The fourth-order valence-corrected chi connectivity index (χ4v) is 5.97. The zero-order valence-corrected chi connectivity index (χ0v) is 20.7. The van der Waals surface area contributed by atoms with Crippen LogP contribution in [0.15, 0.2) is 12.2 Å². The van der Waals surface area contributed by atoms with Crippen molar-refractivity contribution < 1.29 is 14.3 Å². The van der Waals surface area contributed by atoms with Gasteiger partial charge in [-0.2, -0.15) is 0 Å². The fourth-order valence-electron chi connectivity index (χ4n) is 2.40. The van der Waals surface area contributed by atoms with E-state index in [1.807, 2.05) is 0 Å². The molecule has 0 aliphatic heterocycles. The third-order valence-corrected chi connectivity index (χ3v) is 8.04. The molecule has 0 unspecified atom stereocenters. The molecule has 4 heteroatoms. The first-order valence-electron chi connectivity index (χ1n) is 10.5. The molecule has 26 heavy (non-hydrogen) atoms. The van der Waals surface area contributed by atoms with E-state index in [1.54, 1.807) is 21.7 Å². The molecule has 0 spiro atoms. The predicted molar refractivity (Wildman–Crippen MR) is 114 cm³/mol. The van der Waals surface area contributed by atoms with Gasteiger partial charge in [0.05, 0.1) is 0 Å². The van der Waals surface area contributed by atoms with Crippen LogP contribution in [0.2, 0.25) is 8.87 Å². The fraction of sp³-hybridized carbons (Fsp3) is 0.818. The molecule has 0 N–H and O–H groups in total. The number of ether oxygens (including phenoxy) is 1. The van der Waals surface area contributed by atoms with Crippen molar-refractivity contribution >= 4 is 33.1 Å². The van der Waals surface area contributed by atoms with Crippen LogP contribution in [0.4, 0.5) is 0 Å². The zero-order chi connectivity index (χ0) is 20.0. The topological polar surface area (TPSA) is 43.4 Å². The van der Waals surface area contributed by atoms with Crippen molar-refractivity contribution in [2.24, 2.45) is 0 Å². The van der Waals surface area contributed by atoms with Gasteiger partial charge in [0, 0.05) is 12.5 Å². The van der Waals surface area contributed by atoms with Crippen molar-refractivity contribution in [1.82, 2.24) is 0 Å². The summed E-state index contributed by atoms with van der Waals surface area (Å²) in [5.41, 5.74) is 0.227. The van der Waals surface area contributed by atoms with Gasteiger partial charge in [0.2, 0.25) is 0 Å². The van der Waals surface area contributed by atoms with Gasteiger partial charge in [-0.3, -0.25) is 4.79 Å². The van der Waals surface area contributed by atoms with E-state index in [1.165, 1.54) is 78.1 Å². The molecule has 0 amide bonds. The van der Waals surface area contributed by atoms with E-state index in [9.17, 15) is 9.59 Å². The Labute approximate surface area is 173 Å². The van der Waals surface area contributed by atoms with Gasteiger partial charge >= 0.3 is 133 Å². The standard InChI is InChI=1S/2C8H17.C6H8O3.Sn/c2*1-3-5-7-8-6-4-2;1-4(2)6(8)9-5(3)7;/h2*1,3-8H2,2H3;1H2,2-3H3;. The molecule has 0 aliphatic rings. The van der Waals surface area contributed by atoms with Gasteiger partial charge in [0.1, 0.15) is 0 Å². The number of hydrogen-bond donors (Lipinski definition) is 0. The van der Waals surface area contributed by atoms with Crippen molar-refractivity contribution in [2.75, 3.05) is 0 Å². The molecule has 0 aromatic rings. The third-order valence-electron chi connectivity index (χ3n) is 4.00. The van der Waals surface area contributed by atoms with Gasteiger partial charge in [-0.15, -0.1) is 0 Å². The van der Waals surface area contributed by atoms with Crippen LogP contribution in [-0.4, -0.2) is 33.1 Å². The summed E-state index contributed by atoms with van der Waals surface area (Å²) in [6.45, 7) is 10.5. The second kappa shape index (κ2) is 22.7. The van der Waals surface area contributed by atoms with E-state index in [0.717, 1.165) is 0 Å². The summed E-state index contributed by atoms with van der Waals surface area (Å²) in [6.07, 6.45) is 17.8. The van der Waals surface area contributed by atoms with E-state index in [0.29, 0.717) is 0 Å². The maximum absolute atomic E-state index is 10.4. The summed E-state index contributed by atoms with van der Waals surface area (Å²) < 4.78 is 7.45. The normalized spacial score (nSPS) is 10.0. The molecular formula is C22H42O3Sn. The summed E-state index contributed by atoms with van der Waals surface area (Å²) in [5.74, 6) is -1.27. The van der Waals surface area contributed by atoms with Crippen LogP contribution in [0, 0.1) is 0 Å². The van der Waals surface area contributed by atoms with E-state index < -0.39 is 11.9 Å². The van der Waals surface area contributed by atoms with Gasteiger partial charge in [-0.05, 0) is 6.92 Å². The number of carbonyl (C=O) groups is 2. The Kier molecular flexibility index (Phi) is 24.4. The Hall–Kier alpha value is -0.321. The Bertz CT molecular complexity index is 339. The van der Waals surface area contributed by atoms with Crippen molar-refractivity contribution in [3.8, 4) is 0 Å². The molecule has 0 atom stereocenters. The van der Waals surface area contributed by atoms with Crippen LogP contribution in [0.25, 0.3) is 0 Å². The maximum atomic E-state index is 10.4. The quantitative estimate of drug-likeness (QED) is 0.0855. The molecule has 0 aliphatic carbocycles. The zero-order valence-electron chi connectivity index (χ0n) is 17.8. The minimum absolute atomic E-state index is 0.0736. The first-order valence-corrected chi connectivity index (χ1v) is 14.6. The van der Waals surface area contributed by atoms with Crippen molar-refractivity contribution in [3.05, 3.63) is 12.2 Å². The third kappa shape index (κ3) is 25.9. The number of rotatable bonds is 15. The van der Waals surface area contributed by atoms with E-state index in [4.69, 9.17) is 0 Å². The first-order chi connectivity index (χ1) is 12.5. The summed E-state index contributed by atoms with van der Waals surface area (Å²) in [4.78, 5) is 20.5. The van der Waals surface area contributed by atoms with Crippen LogP contribution >= 0.6 is 0 Å². The van der Waals surface area contributed by atoms with Crippen LogP contribution in [0.5, 0.6) is 0 Å². The number of carbonyl (C=O) groups excluding carboxylic acids is 2. The second-order valence-corrected chi connectivity index (χ2v) is 11.2. The average molecular weight is 473 g/mol. The van der Waals surface area contributed by atoms with Crippen LogP contribution in [0.1, 0.15) is 105 Å². The molecule has 152 valence electrons. The Balaban J connectivity index is 0. The van der Waals surface area contributed by atoms with Crippen LogP contribution in [-0.2, 0) is 14.3 Å². The molecular weight excluding hydrogens is 431 g/mol. The molecule has 0 aromatic carbocycles. The Morgan fingerprint density at radius 1 is 0.731 bits per heavy atom. The van der Waals surface area contributed by atoms with Gasteiger partial charge < -0.3 is 4.74 Å². The molecule has 0 heterocycles. The molecule has 0 rings (SSSR count). The Morgan fingerprint density at radius 2 is 1.12 bits per heavy atom. The summed E-state index contributed by atoms with van der Waals surface area (Å²) in [5, 5.41) is 0. The number of esters is 2. The number of hydrogen-bond acceptors (Lipinski definition) is 3. The van der Waals surface area contributed by atoms with Crippen molar-refractivity contribution in [3.63, 3.8) is 0 Å². The monoisotopic (exact) mass is 474 g/mol. The molecule has 0 saturated heterocycles. The van der Waals surface area contributed by atoms with Crippen molar-refractivity contribution in [1.29, 1.82) is 0 Å². The molecule has 0 bridgehead atoms. The van der Waals surface area contributed by atoms with Gasteiger partial charge in [0.15, 0.2) is 0 Å². The van der Waals surface area contributed by atoms with Crippen LogP contribution < -0.4 is 0 Å². The predicted octanol–water partition coefficient (Wildman–Crippen LogP) is 6.90. The Morgan fingerprint density at radius 3 is 1.42 bits per heavy atom. The van der Waals surface area contributed by atoms with Crippen LogP contribution in [0.3, 0.4) is 0 Å². The second-order valence-electron chi connectivity index (χ2n) is 6.95. The van der Waals surface area contributed by atoms with E-state index in [2.05, 4.69) is 25.2 Å². The summed E-state index contributed by atoms with van der Waals surface area (Å²) in [6, 6.07) is 0. The van der Waals surface area contributed by atoms with Gasteiger partial charge in [-0.1, -0.05) is 6.58 Å². The van der Waals surface area contributed by atoms with Crippen molar-refractivity contribution in [2.45, 2.75) is 114 Å². The summed E-state index contributed by atoms with van der Waals surface area (Å²) >= 11 is 0.0736. The molecule has 0 aromatic heterocycles. The molecule has 2 radical (unpaired) electrons. The molecule has 3 nitrogen and oxygen atoms in total. The van der Waals surface area contributed by atoms with Gasteiger partial charge in [-0.25, -0.2) is 4.79 Å². The first kappa shape index (κ1) is 27.9. The van der Waals surface area contributed by atoms with E-state index in [-0.39, 0.29) is 26.7 Å². The minimum atomic E-state index is -0.664. The van der Waals surface area contributed by atoms with Gasteiger partial charge in [0.25, 0.3) is 0 Å². The molecule has 0 saturated carbocycles. The number of unbranched alkanes of at least 4 members (excludes halogenated alkanes) is 10. The molecule has 0 fully saturated rings. The van der Waals surface area contributed by atoms with E-state index >= 15 is 0 Å². The summed E-state index contributed by atoms with van der Waals surface area (Å²) in [7, 11) is 0. The SMILES string of the molecule is C=C(C)C(=O)OC(C)=O.CCCCCCC[CH2][Sn][CH2]CCCCCCC.